The molecule has 0 bridgehead atoms. The van der Waals surface area contributed by atoms with Crippen LogP contribution in [-0.4, -0.2) is 19.2 Å². The van der Waals surface area contributed by atoms with Crippen molar-refractivity contribution in [2.45, 2.75) is 38.3 Å². The van der Waals surface area contributed by atoms with Crippen molar-refractivity contribution >= 4 is 11.8 Å². The molecule has 0 unspecified atom stereocenters. The number of nitrogens with two attached hydrogens (primary N) is 1. The minimum atomic E-state index is -0.281. The Hall–Kier alpha value is -1.55. The van der Waals surface area contributed by atoms with E-state index in [0.29, 0.717) is 6.54 Å². The van der Waals surface area contributed by atoms with Gasteiger partial charge in [0.25, 0.3) is 0 Å². The summed E-state index contributed by atoms with van der Waals surface area (Å²) in [7, 11) is 1.73. The molecule has 2 rings (SSSR count). The molecule has 1 aromatic carbocycles. The second-order valence-corrected chi connectivity index (χ2v) is 4.72. The van der Waals surface area contributed by atoms with Crippen LogP contribution in [0.25, 0.3) is 0 Å². The molecule has 0 atom stereocenters. The van der Waals surface area contributed by atoms with E-state index >= 15 is 0 Å². The number of rotatable bonds is 3. The molecule has 1 aliphatic rings. The largest absolute Gasteiger partial charge is 0.446 e. The second kappa shape index (κ2) is 5.87. The molecule has 18 heavy (non-hydrogen) atoms. The molecule has 0 heterocycles. The summed E-state index contributed by atoms with van der Waals surface area (Å²) in [4.78, 5) is 13.5. The van der Waals surface area contributed by atoms with E-state index in [9.17, 15) is 4.79 Å². The van der Waals surface area contributed by atoms with E-state index in [2.05, 4.69) is 0 Å². The van der Waals surface area contributed by atoms with Gasteiger partial charge in [-0.05, 0) is 43.4 Å². The van der Waals surface area contributed by atoms with Crippen molar-refractivity contribution in [3.63, 3.8) is 0 Å². The lowest BCUT2D eigenvalue weighted by Gasteiger charge is -2.20. The van der Waals surface area contributed by atoms with E-state index in [1.807, 2.05) is 24.3 Å². The third-order valence-electron chi connectivity index (χ3n) is 3.38. The summed E-state index contributed by atoms with van der Waals surface area (Å²) in [6.45, 7) is 0.472. The van der Waals surface area contributed by atoms with Crippen LogP contribution in [0, 0.1) is 0 Å². The SMILES string of the molecule is CN(C(=O)OC1CCCC1)c1cccc(CN)c1. The first kappa shape index (κ1) is 12.9. The predicted octanol–water partition coefficient (Wildman–Crippen LogP) is 2.66. The Balaban J connectivity index is 2.00. The molecule has 4 nitrogen and oxygen atoms in total. The van der Waals surface area contributed by atoms with E-state index in [4.69, 9.17) is 10.5 Å². The van der Waals surface area contributed by atoms with Crippen molar-refractivity contribution in [1.29, 1.82) is 0 Å². The Morgan fingerprint density at radius 1 is 1.44 bits per heavy atom. The standard InChI is InChI=1S/C14H20N2O2/c1-16(12-6-4-5-11(9-12)10-15)14(17)18-13-7-2-3-8-13/h4-6,9,13H,2-3,7-8,10,15H2,1H3. The number of benzene rings is 1. The van der Waals surface area contributed by atoms with Crippen LogP contribution in [-0.2, 0) is 11.3 Å². The van der Waals surface area contributed by atoms with E-state index in [1.165, 1.54) is 4.90 Å². The quantitative estimate of drug-likeness (QED) is 0.894. The van der Waals surface area contributed by atoms with Gasteiger partial charge in [0.15, 0.2) is 0 Å². The molecule has 0 aliphatic heterocycles. The molecular formula is C14H20N2O2. The average molecular weight is 248 g/mol. The van der Waals surface area contributed by atoms with Gasteiger partial charge in [0.1, 0.15) is 6.10 Å². The van der Waals surface area contributed by atoms with Gasteiger partial charge < -0.3 is 10.5 Å². The van der Waals surface area contributed by atoms with Gasteiger partial charge in [0.05, 0.1) is 0 Å². The van der Waals surface area contributed by atoms with Crippen LogP contribution in [0.3, 0.4) is 0 Å². The smallest absolute Gasteiger partial charge is 0.414 e. The van der Waals surface area contributed by atoms with Crippen LogP contribution >= 0.6 is 0 Å². The van der Waals surface area contributed by atoms with Gasteiger partial charge >= 0.3 is 6.09 Å². The van der Waals surface area contributed by atoms with Gasteiger partial charge in [-0.25, -0.2) is 4.79 Å². The molecule has 0 aromatic heterocycles. The highest BCUT2D eigenvalue weighted by atomic mass is 16.6. The zero-order chi connectivity index (χ0) is 13.0. The van der Waals surface area contributed by atoms with Crippen LogP contribution in [0.2, 0.25) is 0 Å². The number of nitrogens with zero attached hydrogens (tertiary/aromatic N) is 1. The molecule has 2 N–H and O–H groups in total. The summed E-state index contributed by atoms with van der Waals surface area (Å²) in [5, 5.41) is 0. The normalized spacial score (nSPS) is 15.7. The lowest BCUT2D eigenvalue weighted by atomic mass is 10.2. The van der Waals surface area contributed by atoms with Crippen LogP contribution in [0.5, 0.6) is 0 Å². The zero-order valence-corrected chi connectivity index (χ0v) is 10.8. The summed E-state index contributed by atoms with van der Waals surface area (Å²) >= 11 is 0. The maximum Gasteiger partial charge on any atom is 0.414 e. The van der Waals surface area contributed by atoms with Crippen molar-refractivity contribution in [2.75, 3.05) is 11.9 Å². The van der Waals surface area contributed by atoms with Crippen LogP contribution < -0.4 is 10.6 Å². The third-order valence-corrected chi connectivity index (χ3v) is 3.38. The number of ether oxygens (including phenoxy) is 1. The first-order valence-corrected chi connectivity index (χ1v) is 6.44. The van der Waals surface area contributed by atoms with Crippen LogP contribution in [0.4, 0.5) is 10.5 Å². The van der Waals surface area contributed by atoms with Gasteiger partial charge in [-0.2, -0.15) is 0 Å². The minimum Gasteiger partial charge on any atom is -0.446 e. The van der Waals surface area contributed by atoms with Gasteiger partial charge in [0.2, 0.25) is 0 Å². The van der Waals surface area contributed by atoms with Crippen LogP contribution in [0.15, 0.2) is 24.3 Å². The second-order valence-electron chi connectivity index (χ2n) is 4.72. The van der Waals surface area contributed by atoms with Gasteiger partial charge in [0, 0.05) is 19.3 Å². The van der Waals surface area contributed by atoms with Crippen LogP contribution in [0.1, 0.15) is 31.2 Å². The minimum absolute atomic E-state index is 0.0950. The number of amides is 1. The molecular weight excluding hydrogens is 228 g/mol. The van der Waals surface area contributed by atoms with Crippen molar-refractivity contribution < 1.29 is 9.53 Å². The highest BCUT2D eigenvalue weighted by Gasteiger charge is 2.21. The molecule has 0 saturated heterocycles. The van der Waals surface area contributed by atoms with Gasteiger partial charge in [-0.1, -0.05) is 12.1 Å². The number of carbonyl (C=O) groups excluding carboxylic acids is 1. The monoisotopic (exact) mass is 248 g/mol. The number of carbonyl (C=O) groups is 1. The van der Waals surface area contributed by atoms with Crippen molar-refractivity contribution in [3.05, 3.63) is 29.8 Å². The molecule has 1 amide bonds. The summed E-state index contributed by atoms with van der Waals surface area (Å²) in [6.07, 6.45) is 4.10. The van der Waals surface area contributed by atoms with E-state index in [1.54, 1.807) is 7.05 Å². The first-order valence-electron chi connectivity index (χ1n) is 6.44. The van der Waals surface area contributed by atoms with Gasteiger partial charge in [-0.3, -0.25) is 4.90 Å². The molecule has 1 aromatic rings. The number of hydrogen-bond donors (Lipinski definition) is 1. The molecule has 4 heteroatoms. The van der Waals surface area contributed by atoms with E-state index in [0.717, 1.165) is 36.9 Å². The number of anilines is 1. The van der Waals surface area contributed by atoms with Crippen molar-refractivity contribution in [3.8, 4) is 0 Å². The zero-order valence-electron chi connectivity index (χ0n) is 10.8. The highest BCUT2D eigenvalue weighted by molar-refractivity contribution is 5.87. The molecule has 1 saturated carbocycles. The molecule has 0 spiro atoms. The molecule has 1 fully saturated rings. The Bertz CT molecular complexity index is 414. The first-order chi connectivity index (χ1) is 8.70. The van der Waals surface area contributed by atoms with Crippen molar-refractivity contribution in [1.82, 2.24) is 0 Å². The molecule has 1 aliphatic carbocycles. The Morgan fingerprint density at radius 3 is 2.83 bits per heavy atom. The molecule has 98 valence electrons. The number of hydrogen-bond acceptors (Lipinski definition) is 3. The average Bonchev–Trinajstić information content (AvgIpc) is 2.90. The van der Waals surface area contributed by atoms with Crippen molar-refractivity contribution in [2.24, 2.45) is 5.73 Å². The molecule has 0 radical (unpaired) electrons. The fourth-order valence-corrected chi connectivity index (χ4v) is 2.23. The fourth-order valence-electron chi connectivity index (χ4n) is 2.23. The summed E-state index contributed by atoms with van der Waals surface area (Å²) in [5.74, 6) is 0. The maximum atomic E-state index is 12.0. The van der Waals surface area contributed by atoms with E-state index in [-0.39, 0.29) is 12.2 Å². The van der Waals surface area contributed by atoms with E-state index < -0.39 is 0 Å². The summed E-state index contributed by atoms with van der Waals surface area (Å²) < 4.78 is 5.46. The fraction of sp³-hybridized carbons (Fsp3) is 0.500. The maximum absolute atomic E-state index is 12.0. The Morgan fingerprint density at radius 2 is 2.17 bits per heavy atom. The third kappa shape index (κ3) is 3.01. The topological polar surface area (TPSA) is 55.6 Å². The summed E-state index contributed by atoms with van der Waals surface area (Å²) in [6, 6.07) is 7.64. The lowest BCUT2D eigenvalue weighted by molar-refractivity contribution is 0.109. The Labute approximate surface area is 108 Å². The lowest BCUT2D eigenvalue weighted by Crippen LogP contribution is -2.30. The van der Waals surface area contributed by atoms with Gasteiger partial charge in [-0.15, -0.1) is 0 Å². The Kier molecular flexibility index (Phi) is 4.20. The predicted molar refractivity (Wildman–Crippen MR) is 71.5 cm³/mol. The summed E-state index contributed by atoms with van der Waals surface area (Å²) in [5.41, 5.74) is 7.42. The highest BCUT2D eigenvalue weighted by Crippen LogP contribution is 2.23.